The number of hydrogen-bond acceptors (Lipinski definition) is 3. The topological polar surface area (TPSA) is 47.4 Å². The lowest BCUT2D eigenvalue weighted by Crippen LogP contribution is -2.36. The highest BCUT2D eigenvalue weighted by atomic mass is 16.5. The van der Waals surface area contributed by atoms with Crippen LogP contribution in [0.1, 0.15) is 66.1 Å². The van der Waals surface area contributed by atoms with Crippen LogP contribution in [0.3, 0.4) is 0 Å². The van der Waals surface area contributed by atoms with Crippen molar-refractivity contribution < 1.29 is 9.53 Å². The Morgan fingerprint density at radius 2 is 1.79 bits per heavy atom. The average Bonchev–Trinajstić information content (AvgIpc) is 2.96. The maximum Gasteiger partial charge on any atom is 0.242 e. The molecule has 2 aromatic rings. The lowest BCUT2D eigenvalue weighted by Gasteiger charge is -2.24. The number of rotatable bonds is 10. The van der Waals surface area contributed by atoms with Crippen molar-refractivity contribution in [1.29, 1.82) is 0 Å². The number of fused-ring (bicyclic) bond motifs is 1. The molecule has 5 nitrogen and oxygen atoms in total. The lowest BCUT2D eigenvalue weighted by molar-refractivity contribution is -0.132. The molecule has 28 heavy (non-hydrogen) atoms. The van der Waals surface area contributed by atoms with E-state index in [1.807, 2.05) is 23.1 Å². The molecule has 1 aromatic heterocycles. The monoisotopic (exact) mass is 387 g/mol. The van der Waals surface area contributed by atoms with Gasteiger partial charge < -0.3 is 14.2 Å². The number of hydrogen-bond donors (Lipinski definition) is 0. The maximum absolute atomic E-state index is 13.2. The molecule has 0 aliphatic rings. The van der Waals surface area contributed by atoms with Gasteiger partial charge in [0.1, 0.15) is 18.1 Å². The van der Waals surface area contributed by atoms with Crippen LogP contribution >= 0.6 is 0 Å². The Kier molecular flexibility index (Phi) is 7.90. The smallest absolute Gasteiger partial charge is 0.242 e. The normalized spacial score (nSPS) is 11.8. The molecular formula is C23H37N3O2. The van der Waals surface area contributed by atoms with Crippen LogP contribution in [-0.2, 0) is 17.8 Å². The third-order valence-corrected chi connectivity index (χ3v) is 4.93. The number of unbranched alkanes of at least 4 members (excludes halogenated alkanes) is 2. The summed E-state index contributed by atoms with van der Waals surface area (Å²) in [7, 11) is 1.66. The molecule has 0 aliphatic heterocycles. The Morgan fingerprint density at radius 3 is 2.32 bits per heavy atom. The highest BCUT2D eigenvalue weighted by Crippen LogP contribution is 2.26. The number of carbonyl (C=O) groups excluding carboxylic acids is 1. The third kappa shape index (κ3) is 5.98. The fourth-order valence-corrected chi connectivity index (χ4v) is 3.37. The number of methoxy groups -OCH3 is 1. The molecule has 0 saturated heterocycles. The van der Waals surface area contributed by atoms with E-state index in [9.17, 15) is 4.79 Å². The first-order valence-corrected chi connectivity index (χ1v) is 10.6. The van der Waals surface area contributed by atoms with E-state index in [1.165, 1.54) is 0 Å². The third-order valence-electron chi connectivity index (χ3n) is 4.93. The first kappa shape index (κ1) is 22.3. The van der Waals surface area contributed by atoms with Crippen LogP contribution < -0.4 is 4.74 Å². The second kappa shape index (κ2) is 9.94. The van der Waals surface area contributed by atoms with E-state index in [0.717, 1.165) is 67.8 Å². The van der Waals surface area contributed by atoms with Gasteiger partial charge in [0.15, 0.2) is 0 Å². The van der Waals surface area contributed by atoms with Gasteiger partial charge in [0.25, 0.3) is 0 Å². The Morgan fingerprint density at radius 1 is 1.14 bits per heavy atom. The van der Waals surface area contributed by atoms with E-state index in [2.05, 4.69) is 39.2 Å². The van der Waals surface area contributed by atoms with Gasteiger partial charge in [0, 0.05) is 25.6 Å². The predicted molar refractivity (Wildman–Crippen MR) is 116 cm³/mol. The summed E-state index contributed by atoms with van der Waals surface area (Å²) in [6.45, 7) is 13.0. The minimum atomic E-state index is 0.0936. The molecule has 0 N–H and O–H groups in total. The predicted octanol–water partition coefficient (Wildman–Crippen LogP) is 5.06. The van der Waals surface area contributed by atoms with E-state index < -0.39 is 0 Å². The van der Waals surface area contributed by atoms with Gasteiger partial charge in [0.2, 0.25) is 5.91 Å². The summed E-state index contributed by atoms with van der Waals surface area (Å²) < 4.78 is 7.46. The summed E-state index contributed by atoms with van der Waals surface area (Å²) in [4.78, 5) is 20.0. The van der Waals surface area contributed by atoms with Crippen LogP contribution in [0.15, 0.2) is 18.2 Å². The van der Waals surface area contributed by atoms with Gasteiger partial charge in [-0.3, -0.25) is 4.79 Å². The second-order valence-electron chi connectivity index (χ2n) is 8.79. The molecule has 0 saturated carbocycles. The van der Waals surface area contributed by atoms with E-state index >= 15 is 0 Å². The molecule has 1 aromatic carbocycles. The average molecular weight is 388 g/mol. The molecule has 1 amide bonds. The highest BCUT2D eigenvalue weighted by Gasteiger charge is 2.22. The standard InChI is InChI=1S/C23H37N3O2/c1-7-9-13-25(14-10-8-2)22(27)17-26-20-12-11-18(28-6)15-19(20)24-21(26)16-23(3,4)5/h11-12,15H,7-10,13-14,16-17H2,1-6H3. The van der Waals surface area contributed by atoms with E-state index in [0.29, 0.717) is 6.54 Å². The number of carbonyl (C=O) groups is 1. The molecule has 2 rings (SSSR count). The van der Waals surface area contributed by atoms with Crippen LogP contribution in [-0.4, -0.2) is 40.6 Å². The van der Waals surface area contributed by atoms with Gasteiger partial charge in [0.05, 0.1) is 18.1 Å². The summed E-state index contributed by atoms with van der Waals surface area (Å²) in [5.74, 6) is 1.94. The first-order chi connectivity index (χ1) is 13.3. The van der Waals surface area contributed by atoms with Crippen molar-refractivity contribution in [2.24, 2.45) is 5.41 Å². The molecular weight excluding hydrogens is 350 g/mol. The number of imidazole rings is 1. The van der Waals surface area contributed by atoms with Crippen molar-refractivity contribution in [2.45, 2.75) is 73.3 Å². The van der Waals surface area contributed by atoms with Crippen molar-refractivity contribution >= 4 is 16.9 Å². The summed E-state index contributed by atoms with van der Waals surface area (Å²) >= 11 is 0. The van der Waals surface area contributed by atoms with Crippen molar-refractivity contribution in [2.75, 3.05) is 20.2 Å². The fourth-order valence-electron chi connectivity index (χ4n) is 3.37. The number of nitrogens with zero attached hydrogens (tertiary/aromatic N) is 3. The molecule has 5 heteroatoms. The quantitative estimate of drug-likeness (QED) is 0.572. The van der Waals surface area contributed by atoms with Gasteiger partial charge in [-0.1, -0.05) is 47.5 Å². The number of ether oxygens (including phenoxy) is 1. The van der Waals surface area contributed by atoms with Crippen LogP contribution in [0.25, 0.3) is 11.0 Å². The SMILES string of the molecule is CCCCN(CCCC)C(=O)Cn1c(CC(C)(C)C)nc2cc(OC)ccc21. The molecule has 0 aliphatic carbocycles. The zero-order chi connectivity index (χ0) is 20.7. The maximum atomic E-state index is 13.2. The van der Waals surface area contributed by atoms with E-state index in [-0.39, 0.29) is 11.3 Å². The molecule has 0 radical (unpaired) electrons. The van der Waals surface area contributed by atoms with Crippen molar-refractivity contribution in [3.05, 3.63) is 24.0 Å². The zero-order valence-electron chi connectivity index (χ0n) is 18.5. The Balaban J connectivity index is 2.36. The molecule has 0 unspecified atom stereocenters. The zero-order valence-corrected chi connectivity index (χ0v) is 18.5. The largest absolute Gasteiger partial charge is 0.497 e. The Bertz CT molecular complexity index is 766. The molecule has 0 bridgehead atoms. The van der Waals surface area contributed by atoms with Crippen molar-refractivity contribution in [1.82, 2.24) is 14.5 Å². The van der Waals surface area contributed by atoms with Gasteiger partial charge in [-0.25, -0.2) is 4.98 Å². The molecule has 0 fully saturated rings. The van der Waals surface area contributed by atoms with Gasteiger partial charge in [-0.15, -0.1) is 0 Å². The lowest BCUT2D eigenvalue weighted by atomic mass is 9.92. The summed E-state index contributed by atoms with van der Waals surface area (Å²) in [6, 6.07) is 5.91. The van der Waals surface area contributed by atoms with Gasteiger partial charge in [-0.2, -0.15) is 0 Å². The Hall–Kier alpha value is -2.04. The molecule has 156 valence electrons. The number of amides is 1. The van der Waals surface area contributed by atoms with Gasteiger partial charge >= 0.3 is 0 Å². The Labute approximate surface area is 170 Å². The fraction of sp³-hybridized carbons (Fsp3) is 0.652. The highest BCUT2D eigenvalue weighted by molar-refractivity contribution is 5.82. The van der Waals surface area contributed by atoms with Gasteiger partial charge in [-0.05, 0) is 30.4 Å². The second-order valence-corrected chi connectivity index (χ2v) is 8.79. The molecule has 0 spiro atoms. The first-order valence-electron chi connectivity index (χ1n) is 10.6. The van der Waals surface area contributed by atoms with Crippen LogP contribution in [0.5, 0.6) is 5.75 Å². The number of benzene rings is 1. The minimum Gasteiger partial charge on any atom is -0.497 e. The van der Waals surface area contributed by atoms with Crippen LogP contribution in [0, 0.1) is 5.41 Å². The minimum absolute atomic E-state index is 0.0936. The van der Waals surface area contributed by atoms with E-state index in [4.69, 9.17) is 9.72 Å². The molecule has 1 heterocycles. The van der Waals surface area contributed by atoms with E-state index in [1.54, 1.807) is 7.11 Å². The van der Waals surface area contributed by atoms with Crippen LogP contribution in [0.4, 0.5) is 0 Å². The van der Waals surface area contributed by atoms with Crippen LogP contribution in [0.2, 0.25) is 0 Å². The van der Waals surface area contributed by atoms with Crippen molar-refractivity contribution in [3.8, 4) is 5.75 Å². The summed E-state index contributed by atoms with van der Waals surface area (Å²) in [5.41, 5.74) is 1.98. The number of aromatic nitrogens is 2. The molecule has 0 atom stereocenters. The van der Waals surface area contributed by atoms with Crippen molar-refractivity contribution in [3.63, 3.8) is 0 Å². The summed E-state index contributed by atoms with van der Waals surface area (Å²) in [5, 5.41) is 0. The summed E-state index contributed by atoms with van der Waals surface area (Å²) in [6.07, 6.45) is 5.11.